The molecule has 1 saturated heterocycles. The van der Waals surface area contributed by atoms with Crippen LogP contribution in [0.2, 0.25) is 5.02 Å². The van der Waals surface area contributed by atoms with Crippen molar-refractivity contribution in [1.82, 2.24) is 4.90 Å². The van der Waals surface area contributed by atoms with Crippen molar-refractivity contribution in [1.29, 1.82) is 0 Å². The predicted molar refractivity (Wildman–Crippen MR) is 121 cm³/mol. The van der Waals surface area contributed by atoms with E-state index in [4.69, 9.17) is 11.6 Å². The summed E-state index contributed by atoms with van der Waals surface area (Å²) in [6, 6.07) is 13.4. The third-order valence-corrected chi connectivity index (χ3v) is 6.24. The van der Waals surface area contributed by atoms with Crippen molar-refractivity contribution in [3.05, 3.63) is 53.1 Å². The highest BCUT2D eigenvalue weighted by atomic mass is 35.5. The lowest BCUT2D eigenvalue weighted by molar-refractivity contribution is -0.127. The lowest BCUT2D eigenvalue weighted by Gasteiger charge is -2.43. The zero-order chi connectivity index (χ0) is 21.5. The summed E-state index contributed by atoms with van der Waals surface area (Å²) in [5.74, 6) is -0.231. The number of nitrogens with zero attached hydrogens (tertiary/aromatic N) is 3. The Morgan fingerprint density at radius 2 is 1.77 bits per heavy atom. The first-order valence-electron chi connectivity index (χ1n) is 10.2. The van der Waals surface area contributed by atoms with E-state index in [-0.39, 0.29) is 18.4 Å². The molecule has 2 heterocycles. The van der Waals surface area contributed by atoms with Gasteiger partial charge < -0.3 is 10.2 Å². The summed E-state index contributed by atoms with van der Waals surface area (Å²) >= 11 is 6.18. The third kappa shape index (κ3) is 3.77. The average Bonchev–Trinajstić information content (AvgIpc) is 2.71. The van der Waals surface area contributed by atoms with E-state index in [0.717, 1.165) is 42.6 Å². The summed E-state index contributed by atoms with van der Waals surface area (Å²) in [7, 11) is 0. The van der Waals surface area contributed by atoms with Crippen molar-refractivity contribution < 1.29 is 9.59 Å². The highest BCUT2D eigenvalue weighted by Gasteiger charge is 2.43. The summed E-state index contributed by atoms with van der Waals surface area (Å²) in [6.45, 7) is 9.16. The molecule has 158 valence electrons. The van der Waals surface area contributed by atoms with Crippen molar-refractivity contribution in [2.45, 2.75) is 26.3 Å². The Morgan fingerprint density at radius 1 is 1.07 bits per heavy atom. The number of amides is 2. The van der Waals surface area contributed by atoms with Gasteiger partial charge in [0.15, 0.2) is 0 Å². The Hall–Kier alpha value is -2.57. The lowest BCUT2D eigenvalue weighted by Crippen LogP contribution is -2.61. The van der Waals surface area contributed by atoms with E-state index in [9.17, 15) is 9.59 Å². The zero-order valence-electron chi connectivity index (χ0n) is 17.6. The molecule has 30 heavy (non-hydrogen) atoms. The van der Waals surface area contributed by atoms with Crippen LogP contribution >= 0.6 is 11.6 Å². The zero-order valence-corrected chi connectivity index (χ0v) is 18.4. The molecule has 0 aliphatic carbocycles. The Balaban J connectivity index is 1.46. The molecule has 6 nitrogen and oxygen atoms in total. The normalized spacial score (nSPS) is 18.7. The van der Waals surface area contributed by atoms with Crippen LogP contribution in [0.3, 0.4) is 0 Å². The number of rotatable bonds is 3. The van der Waals surface area contributed by atoms with Crippen LogP contribution in [0.25, 0.3) is 0 Å². The van der Waals surface area contributed by atoms with Crippen molar-refractivity contribution >= 4 is 40.5 Å². The fourth-order valence-electron chi connectivity index (χ4n) is 4.23. The summed E-state index contributed by atoms with van der Waals surface area (Å²) in [5, 5.41) is 3.64. The van der Waals surface area contributed by atoms with E-state index in [1.54, 1.807) is 18.7 Å². The molecule has 0 bridgehead atoms. The molecule has 2 amide bonds. The number of fused-ring (bicyclic) bond motifs is 1. The van der Waals surface area contributed by atoms with Crippen molar-refractivity contribution in [2.75, 3.05) is 47.8 Å². The monoisotopic (exact) mass is 426 g/mol. The minimum absolute atomic E-state index is 0.0605. The van der Waals surface area contributed by atoms with Gasteiger partial charge in [-0.1, -0.05) is 29.8 Å². The standard InChI is InChI=1S/C23H27ClN4O2/c1-16-8-9-17(24)14-20(16)27-12-10-26(11-13-27)15-21(29)28-19-7-5-4-6-18(19)25-22(30)23(28,2)3/h4-9,14H,10-13,15H2,1-3H3,(H,25,30). The van der Waals surface area contributed by atoms with Gasteiger partial charge in [0, 0.05) is 36.9 Å². The molecule has 0 unspecified atom stereocenters. The van der Waals surface area contributed by atoms with Gasteiger partial charge in [0.05, 0.1) is 17.9 Å². The first kappa shape index (κ1) is 20.7. The smallest absolute Gasteiger partial charge is 0.250 e. The van der Waals surface area contributed by atoms with Crippen LogP contribution in [0.1, 0.15) is 19.4 Å². The Bertz CT molecular complexity index is 983. The Morgan fingerprint density at radius 3 is 2.50 bits per heavy atom. The van der Waals surface area contributed by atoms with Crippen LogP contribution in [0, 0.1) is 6.92 Å². The van der Waals surface area contributed by atoms with Gasteiger partial charge in [-0.15, -0.1) is 0 Å². The van der Waals surface area contributed by atoms with Gasteiger partial charge in [-0.25, -0.2) is 0 Å². The quantitative estimate of drug-likeness (QED) is 0.815. The number of hydrogen-bond acceptors (Lipinski definition) is 4. The number of aryl methyl sites for hydroxylation is 1. The van der Waals surface area contributed by atoms with Crippen molar-refractivity contribution in [2.24, 2.45) is 0 Å². The van der Waals surface area contributed by atoms with E-state index in [1.165, 1.54) is 5.56 Å². The van der Waals surface area contributed by atoms with E-state index in [1.807, 2.05) is 42.5 Å². The number of nitrogens with one attached hydrogen (secondary N) is 1. The summed E-state index contributed by atoms with van der Waals surface area (Å²) < 4.78 is 0. The predicted octanol–water partition coefficient (Wildman–Crippen LogP) is 3.53. The van der Waals surface area contributed by atoms with E-state index in [0.29, 0.717) is 5.69 Å². The maximum Gasteiger partial charge on any atom is 0.250 e. The highest BCUT2D eigenvalue weighted by molar-refractivity contribution is 6.30. The molecule has 0 atom stereocenters. The van der Waals surface area contributed by atoms with E-state index < -0.39 is 5.54 Å². The molecular formula is C23H27ClN4O2. The minimum atomic E-state index is -0.939. The number of carbonyl (C=O) groups is 2. The number of halogens is 1. The van der Waals surface area contributed by atoms with E-state index >= 15 is 0 Å². The Labute approximate surface area is 182 Å². The molecule has 0 radical (unpaired) electrons. The second kappa shape index (κ2) is 7.93. The summed E-state index contributed by atoms with van der Waals surface area (Å²) in [6.07, 6.45) is 0. The number of para-hydroxylation sites is 2. The molecule has 0 aromatic heterocycles. The molecule has 2 aliphatic rings. The number of anilines is 3. The second-order valence-corrected chi connectivity index (χ2v) is 8.89. The molecule has 0 spiro atoms. The minimum Gasteiger partial charge on any atom is -0.369 e. The topological polar surface area (TPSA) is 55.9 Å². The fraction of sp³-hybridized carbons (Fsp3) is 0.391. The maximum atomic E-state index is 13.3. The number of hydrogen-bond donors (Lipinski definition) is 1. The second-order valence-electron chi connectivity index (χ2n) is 8.45. The molecule has 1 fully saturated rings. The van der Waals surface area contributed by atoms with Gasteiger partial charge in [0.2, 0.25) is 11.8 Å². The van der Waals surface area contributed by atoms with Crippen molar-refractivity contribution in [3.8, 4) is 0 Å². The first-order valence-corrected chi connectivity index (χ1v) is 10.6. The molecule has 1 N–H and O–H groups in total. The van der Waals surface area contributed by atoms with Gasteiger partial charge >= 0.3 is 0 Å². The summed E-state index contributed by atoms with van der Waals surface area (Å²) in [5.41, 5.74) is 2.83. The molecule has 2 aliphatic heterocycles. The first-order chi connectivity index (χ1) is 14.3. The van der Waals surface area contributed by atoms with Crippen LogP contribution in [0.4, 0.5) is 17.1 Å². The highest BCUT2D eigenvalue weighted by Crippen LogP contribution is 2.36. The largest absolute Gasteiger partial charge is 0.369 e. The average molecular weight is 427 g/mol. The number of carbonyl (C=O) groups excluding carboxylic acids is 2. The van der Waals surface area contributed by atoms with Crippen LogP contribution in [-0.4, -0.2) is 55.0 Å². The molecule has 2 aromatic carbocycles. The number of piperazine rings is 1. The van der Waals surface area contributed by atoms with Gasteiger partial charge in [-0.2, -0.15) is 0 Å². The number of benzene rings is 2. The molecule has 2 aromatic rings. The SMILES string of the molecule is Cc1ccc(Cl)cc1N1CCN(CC(=O)N2c3ccccc3NC(=O)C2(C)C)CC1. The van der Waals surface area contributed by atoms with E-state index in [2.05, 4.69) is 22.0 Å². The Kier molecular flexibility index (Phi) is 5.47. The fourth-order valence-corrected chi connectivity index (χ4v) is 4.40. The van der Waals surface area contributed by atoms with Crippen LogP contribution in [0.5, 0.6) is 0 Å². The van der Waals surface area contributed by atoms with Gasteiger partial charge in [-0.05, 0) is 50.6 Å². The lowest BCUT2D eigenvalue weighted by atomic mass is 9.96. The molecule has 7 heteroatoms. The van der Waals surface area contributed by atoms with Crippen LogP contribution < -0.4 is 15.1 Å². The van der Waals surface area contributed by atoms with Gasteiger partial charge in [0.25, 0.3) is 0 Å². The molecular weight excluding hydrogens is 400 g/mol. The summed E-state index contributed by atoms with van der Waals surface area (Å²) in [4.78, 5) is 32.0. The molecule has 0 saturated carbocycles. The third-order valence-electron chi connectivity index (χ3n) is 6.00. The maximum absolute atomic E-state index is 13.3. The molecule has 4 rings (SSSR count). The van der Waals surface area contributed by atoms with Gasteiger partial charge in [-0.3, -0.25) is 19.4 Å². The van der Waals surface area contributed by atoms with Crippen LogP contribution in [0.15, 0.2) is 42.5 Å². The van der Waals surface area contributed by atoms with Crippen molar-refractivity contribution in [3.63, 3.8) is 0 Å². The van der Waals surface area contributed by atoms with Crippen LogP contribution in [-0.2, 0) is 9.59 Å². The van der Waals surface area contributed by atoms with Gasteiger partial charge in [0.1, 0.15) is 5.54 Å².